The van der Waals surface area contributed by atoms with E-state index in [9.17, 15) is 5.11 Å². The van der Waals surface area contributed by atoms with Crippen LogP contribution in [0.4, 0.5) is 0 Å². The summed E-state index contributed by atoms with van der Waals surface area (Å²) in [5.41, 5.74) is 0. The predicted molar refractivity (Wildman–Crippen MR) is 125 cm³/mol. The fourth-order valence-electron chi connectivity index (χ4n) is 3.66. The minimum Gasteiger partial charge on any atom is -0.378 e. The van der Waals surface area contributed by atoms with E-state index in [0.717, 1.165) is 12.8 Å². The first-order chi connectivity index (χ1) is 12.7. The van der Waals surface area contributed by atoms with Crippen LogP contribution in [0.25, 0.3) is 0 Å². The van der Waals surface area contributed by atoms with E-state index in [2.05, 4.69) is 6.92 Å². The van der Waals surface area contributed by atoms with E-state index in [-0.39, 0.29) is 18.6 Å². The Labute approximate surface area is 178 Å². The molecule has 0 aliphatic rings. The fourth-order valence-corrected chi connectivity index (χ4v) is 3.66. The molecule has 0 spiro atoms. The van der Waals surface area contributed by atoms with Crippen molar-refractivity contribution in [3.8, 4) is 0 Å². The van der Waals surface area contributed by atoms with Gasteiger partial charge in [0, 0.05) is 0 Å². The van der Waals surface area contributed by atoms with E-state index in [1.807, 2.05) is 19.0 Å². The molecule has 0 bridgehead atoms. The Hall–Kier alpha value is 0.210. The van der Waals surface area contributed by atoms with Gasteiger partial charge in [0.25, 0.3) is 0 Å². The third kappa shape index (κ3) is 24.2. The van der Waals surface area contributed by atoms with Crippen LogP contribution in [0, 0.1) is 0 Å². The first-order valence-electron chi connectivity index (χ1n) is 12.0. The number of hydrogen-bond acceptors (Lipinski definition) is 2. The Morgan fingerprint density at radius 3 is 1.04 bits per heavy atom. The molecule has 0 saturated carbocycles. The van der Waals surface area contributed by atoms with Crippen molar-refractivity contribution in [2.45, 2.75) is 142 Å². The zero-order valence-corrected chi connectivity index (χ0v) is 19.8. The lowest BCUT2D eigenvalue weighted by Crippen LogP contribution is -2.27. The first kappa shape index (κ1) is 29.4. The SMILES string of the molecule is CCCCCCCCCCCCCCCCCCCCCC(O)N(C)C.Cl. The Balaban J connectivity index is 0. The second-order valence-corrected chi connectivity index (χ2v) is 8.60. The van der Waals surface area contributed by atoms with Crippen molar-refractivity contribution in [1.82, 2.24) is 4.90 Å². The van der Waals surface area contributed by atoms with E-state index in [1.165, 1.54) is 116 Å². The van der Waals surface area contributed by atoms with Gasteiger partial charge in [0.1, 0.15) is 6.23 Å². The Bertz CT molecular complexity index is 261. The number of unbranched alkanes of at least 4 members (excludes halogenated alkanes) is 18. The van der Waals surface area contributed by atoms with Crippen molar-refractivity contribution in [3.63, 3.8) is 0 Å². The summed E-state index contributed by atoms with van der Waals surface area (Å²) in [4.78, 5) is 1.90. The second-order valence-electron chi connectivity index (χ2n) is 8.60. The van der Waals surface area contributed by atoms with Gasteiger partial charge in [-0.25, -0.2) is 0 Å². The number of hydrogen-bond donors (Lipinski definition) is 1. The Morgan fingerprint density at radius 2 is 0.778 bits per heavy atom. The Kier molecular flexibility index (Phi) is 26.4. The molecule has 0 aromatic carbocycles. The van der Waals surface area contributed by atoms with Gasteiger partial charge in [0.2, 0.25) is 0 Å². The lowest BCUT2D eigenvalue weighted by atomic mass is 10.0. The van der Waals surface area contributed by atoms with Gasteiger partial charge in [-0.15, -0.1) is 12.4 Å². The molecular weight excluding hydrogens is 354 g/mol. The maximum Gasteiger partial charge on any atom is 0.106 e. The molecule has 166 valence electrons. The molecule has 3 heteroatoms. The summed E-state index contributed by atoms with van der Waals surface area (Å²) in [6.45, 7) is 2.29. The van der Waals surface area contributed by atoms with Crippen LogP contribution in [0.15, 0.2) is 0 Å². The highest BCUT2D eigenvalue weighted by atomic mass is 35.5. The summed E-state index contributed by atoms with van der Waals surface area (Å²) < 4.78 is 0. The molecular formula is C24H52ClNO. The minimum absolute atomic E-state index is 0. The molecule has 0 rings (SSSR count). The van der Waals surface area contributed by atoms with Gasteiger partial charge in [0.05, 0.1) is 0 Å². The summed E-state index contributed by atoms with van der Waals surface area (Å²) >= 11 is 0. The molecule has 0 amide bonds. The summed E-state index contributed by atoms with van der Waals surface area (Å²) in [6, 6.07) is 0. The number of halogens is 1. The zero-order chi connectivity index (χ0) is 19.3. The van der Waals surface area contributed by atoms with Crippen LogP contribution >= 0.6 is 12.4 Å². The van der Waals surface area contributed by atoms with E-state index < -0.39 is 0 Å². The van der Waals surface area contributed by atoms with Crippen molar-refractivity contribution in [2.24, 2.45) is 0 Å². The Morgan fingerprint density at radius 1 is 0.519 bits per heavy atom. The highest BCUT2D eigenvalue weighted by molar-refractivity contribution is 5.85. The monoisotopic (exact) mass is 405 g/mol. The average Bonchev–Trinajstić information content (AvgIpc) is 2.63. The predicted octanol–water partition coefficient (Wildman–Crippen LogP) is 8.11. The number of aliphatic hydroxyl groups is 1. The summed E-state index contributed by atoms with van der Waals surface area (Å²) in [6.07, 6.45) is 27.6. The van der Waals surface area contributed by atoms with Gasteiger partial charge < -0.3 is 5.11 Å². The number of aliphatic hydroxyl groups excluding tert-OH is 1. The van der Waals surface area contributed by atoms with Gasteiger partial charge in [0.15, 0.2) is 0 Å². The van der Waals surface area contributed by atoms with Gasteiger partial charge in [-0.3, -0.25) is 4.90 Å². The van der Waals surface area contributed by atoms with Crippen LogP contribution in [0.2, 0.25) is 0 Å². The molecule has 0 aliphatic heterocycles. The summed E-state index contributed by atoms with van der Waals surface area (Å²) in [5, 5.41) is 9.70. The normalized spacial score (nSPS) is 12.3. The molecule has 0 aromatic rings. The third-order valence-electron chi connectivity index (χ3n) is 5.66. The molecule has 1 unspecified atom stereocenters. The topological polar surface area (TPSA) is 23.5 Å². The van der Waals surface area contributed by atoms with Crippen LogP contribution < -0.4 is 0 Å². The average molecular weight is 406 g/mol. The zero-order valence-electron chi connectivity index (χ0n) is 19.0. The van der Waals surface area contributed by atoms with Gasteiger partial charge in [-0.1, -0.05) is 122 Å². The summed E-state index contributed by atoms with van der Waals surface area (Å²) in [5.74, 6) is 0. The molecule has 0 heterocycles. The second kappa shape index (κ2) is 24.2. The lowest BCUT2D eigenvalue weighted by molar-refractivity contribution is 0.0313. The quantitative estimate of drug-likeness (QED) is 0.154. The molecule has 2 nitrogen and oxygen atoms in total. The molecule has 1 N–H and O–H groups in total. The number of nitrogens with zero attached hydrogens (tertiary/aromatic N) is 1. The summed E-state index contributed by atoms with van der Waals surface area (Å²) in [7, 11) is 3.89. The largest absolute Gasteiger partial charge is 0.378 e. The smallest absolute Gasteiger partial charge is 0.106 e. The maximum atomic E-state index is 9.70. The van der Waals surface area contributed by atoms with E-state index in [1.54, 1.807) is 0 Å². The van der Waals surface area contributed by atoms with E-state index in [4.69, 9.17) is 0 Å². The molecule has 0 aromatic heterocycles. The van der Waals surface area contributed by atoms with E-state index in [0.29, 0.717) is 0 Å². The third-order valence-corrected chi connectivity index (χ3v) is 5.66. The van der Waals surface area contributed by atoms with Gasteiger partial charge in [-0.05, 0) is 26.9 Å². The maximum absolute atomic E-state index is 9.70. The number of rotatable bonds is 21. The first-order valence-corrected chi connectivity index (χ1v) is 12.0. The molecule has 0 radical (unpaired) electrons. The highest BCUT2D eigenvalue weighted by Gasteiger charge is 2.04. The fraction of sp³-hybridized carbons (Fsp3) is 1.00. The van der Waals surface area contributed by atoms with Crippen molar-refractivity contribution >= 4 is 12.4 Å². The van der Waals surface area contributed by atoms with Crippen molar-refractivity contribution < 1.29 is 5.11 Å². The standard InChI is InChI=1S/C24H51NO.ClH/c1-4-5-6-7-8-9-10-11-12-13-14-15-16-17-18-19-20-21-22-23-24(26)25(2)3;/h24,26H,4-23H2,1-3H3;1H. The van der Waals surface area contributed by atoms with Gasteiger partial charge >= 0.3 is 0 Å². The van der Waals surface area contributed by atoms with Crippen LogP contribution in [-0.2, 0) is 0 Å². The molecule has 0 saturated heterocycles. The van der Waals surface area contributed by atoms with Crippen LogP contribution in [0.5, 0.6) is 0 Å². The van der Waals surface area contributed by atoms with Crippen LogP contribution in [-0.4, -0.2) is 30.3 Å². The molecule has 27 heavy (non-hydrogen) atoms. The minimum atomic E-state index is -0.249. The van der Waals surface area contributed by atoms with Crippen LogP contribution in [0.1, 0.15) is 135 Å². The van der Waals surface area contributed by atoms with E-state index >= 15 is 0 Å². The molecule has 1 atom stereocenters. The highest BCUT2D eigenvalue weighted by Crippen LogP contribution is 2.15. The van der Waals surface area contributed by atoms with Crippen LogP contribution in [0.3, 0.4) is 0 Å². The van der Waals surface area contributed by atoms with Gasteiger partial charge in [-0.2, -0.15) is 0 Å². The molecule has 0 aliphatic carbocycles. The lowest BCUT2D eigenvalue weighted by Gasteiger charge is -2.17. The van der Waals surface area contributed by atoms with Crippen molar-refractivity contribution in [2.75, 3.05) is 14.1 Å². The van der Waals surface area contributed by atoms with Crippen molar-refractivity contribution in [1.29, 1.82) is 0 Å². The molecule has 0 fully saturated rings. The van der Waals surface area contributed by atoms with Crippen molar-refractivity contribution in [3.05, 3.63) is 0 Å².